The lowest BCUT2D eigenvalue weighted by molar-refractivity contribution is -0.134. The van der Waals surface area contributed by atoms with E-state index in [2.05, 4.69) is 14.9 Å². The minimum atomic E-state index is -0.560. The quantitative estimate of drug-likeness (QED) is 0.452. The third-order valence-corrected chi connectivity index (χ3v) is 1.74. The zero-order valence-corrected chi connectivity index (χ0v) is 8.28. The Morgan fingerprint density at radius 2 is 2.64 bits per heavy atom. The Morgan fingerprint density at radius 3 is 3.21 bits per heavy atom. The maximum absolute atomic E-state index is 10.7. The SMILES string of the molecule is CCOC(=O)C=NOc1csc(N)n1. The van der Waals surface area contributed by atoms with Crippen molar-refractivity contribution >= 4 is 28.7 Å². The van der Waals surface area contributed by atoms with E-state index in [1.165, 1.54) is 11.3 Å². The van der Waals surface area contributed by atoms with Crippen LogP contribution in [0, 0.1) is 0 Å². The smallest absolute Gasteiger partial charge is 0.352 e. The van der Waals surface area contributed by atoms with Crippen molar-refractivity contribution in [2.24, 2.45) is 5.16 Å². The van der Waals surface area contributed by atoms with E-state index in [1.54, 1.807) is 12.3 Å². The minimum Gasteiger partial charge on any atom is -0.462 e. The number of thiazole rings is 1. The van der Waals surface area contributed by atoms with E-state index < -0.39 is 5.97 Å². The third-order valence-electron chi connectivity index (χ3n) is 1.09. The summed E-state index contributed by atoms with van der Waals surface area (Å²) < 4.78 is 4.57. The molecule has 0 spiro atoms. The average molecular weight is 215 g/mol. The van der Waals surface area contributed by atoms with Crippen LogP contribution in [0.4, 0.5) is 5.13 Å². The van der Waals surface area contributed by atoms with Gasteiger partial charge in [0.2, 0.25) is 0 Å². The lowest BCUT2D eigenvalue weighted by Crippen LogP contribution is -2.05. The number of carbonyl (C=O) groups excluding carboxylic acids is 1. The van der Waals surface area contributed by atoms with Gasteiger partial charge in [0, 0.05) is 0 Å². The number of anilines is 1. The highest BCUT2D eigenvalue weighted by Gasteiger charge is 1.99. The highest BCUT2D eigenvalue weighted by molar-refractivity contribution is 7.13. The molecule has 1 rings (SSSR count). The topological polar surface area (TPSA) is 86.8 Å². The number of nitrogens with two attached hydrogens (primary N) is 1. The summed E-state index contributed by atoms with van der Waals surface area (Å²) in [4.78, 5) is 19.2. The summed E-state index contributed by atoms with van der Waals surface area (Å²) in [5.74, 6) is -0.302. The van der Waals surface area contributed by atoms with Crippen LogP contribution in [-0.2, 0) is 9.53 Å². The average Bonchev–Trinajstić information content (AvgIpc) is 2.52. The van der Waals surface area contributed by atoms with Crippen molar-refractivity contribution in [1.29, 1.82) is 0 Å². The molecule has 0 aliphatic carbocycles. The first-order valence-corrected chi connectivity index (χ1v) is 4.68. The molecule has 0 bridgehead atoms. The van der Waals surface area contributed by atoms with Gasteiger partial charge in [0.15, 0.2) is 11.3 Å². The van der Waals surface area contributed by atoms with E-state index in [4.69, 9.17) is 10.6 Å². The number of hydrogen-bond acceptors (Lipinski definition) is 7. The van der Waals surface area contributed by atoms with Crippen LogP contribution in [0.1, 0.15) is 6.92 Å². The third kappa shape index (κ3) is 3.40. The molecule has 7 heteroatoms. The van der Waals surface area contributed by atoms with E-state index in [0.29, 0.717) is 11.7 Å². The van der Waals surface area contributed by atoms with Gasteiger partial charge >= 0.3 is 5.97 Å². The fraction of sp³-hybridized carbons (Fsp3) is 0.286. The van der Waals surface area contributed by atoms with E-state index >= 15 is 0 Å². The molecule has 0 saturated carbocycles. The second kappa shape index (κ2) is 5.18. The van der Waals surface area contributed by atoms with Gasteiger partial charge in [-0.3, -0.25) is 0 Å². The maximum atomic E-state index is 10.7. The summed E-state index contributed by atoms with van der Waals surface area (Å²) in [6, 6.07) is 0. The number of carbonyl (C=O) groups is 1. The van der Waals surface area contributed by atoms with E-state index in [0.717, 1.165) is 6.21 Å². The van der Waals surface area contributed by atoms with Crippen molar-refractivity contribution in [2.45, 2.75) is 6.92 Å². The second-order valence-electron chi connectivity index (χ2n) is 2.10. The molecule has 1 aromatic rings. The molecule has 2 N–H and O–H groups in total. The molecule has 0 atom stereocenters. The summed E-state index contributed by atoms with van der Waals surface area (Å²) in [6.45, 7) is 2.00. The van der Waals surface area contributed by atoms with Crippen molar-refractivity contribution < 1.29 is 14.4 Å². The molecule has 0 fully saturated rings. The van der Waals surface area contributed by atoms with Crippen LogP contribution in [0.2, 0.25) is 0 Å². The van der Waals surface area contributed by atoms with Crippen LogP contribution >= 0.6 is 11.3 Å². The zero-order chi connectivity index (χ0) is 10.4. The van der Waals surface area contributed by atoms with Crippen LogP contribution in [0.25, 0.3) is 0 Å². The number of ether oxygens (including phenoxy) is 1. The molecular weight excluding hydrogens is 206 g/mol. The molecule has 14 heavy (non-hydrogen) atoms. The van der Waals surface area contributed by atoms with E-state index in [9.17, 15) is 4.79 Å². The molecule has 0 amide bonds. The largest absolute Gasteiger partial charge is 0.462 e. The lowest BCUT2D eigenvalue weighted by atomic mass is 10.7. The summed E-state index contributed by atoms with van der Waals surface area (Å²) in [7, 11) is 0. The monoisotopic (exact) mass is 215 g/mol. The standard InChI is InChI=1S/C7H9N3O3S/c1-2-12-6(11)3-9-13-5-4-14-7(8)10-5/h3-4H,2H2,1H3,(H2,8,10). The first kappa shape index (κ1) is 10.5. The molecule has 0 aliphatic rings. The van der Waals surface area contributed by atoms with Gasteiger partial charge in [-0.15, -0.1) is 11.3 Å². The second-order valence-corrected chi connectivity index (χ2v) is 2.99. The lowest BCUT2D eigenvalue weighted by Gasteiger charge is -1.93. The predicted molar refractivity (Wildman–Crippen MR) is 52.3 cm³/mol. The Labute approximate surface area is 84.3 Å². The summed E-state index contributed by atoms with van der Waals surface area (Å²) in [5, 5.41) is 5.32. The number of nitrogen functional groups attached to an aromatic ring is 1. The predicted octanol–water partition coefficient (Wildman–Crippen LogP) is 0.653. The molecule has 0 saturated heterocycles. The van der Waals surface area contributed by atoms with Gasteiger partial charge in [0.25, 0.3) is 5.88 Å². The van der Waals surface area contributed by atoms with Crippen molar-refractivity contribution in [3.8, 4) is 5.88 Å². The number of aromatic nitrogens is 1. The number of hydrogen-bond donors (Lipinski definition) is 1. The molecule has 0 aliphatic heterocycles. The number of nitrogens with zero attached hydrogens (tertiary/aromatic N) is 2. The van der Waals surface area contributed by atoms with Gasteiger partial charge < -0.3 is 15.3 Å². The fourth-order valence-corrected chi connectivity index (χ4v) is 1.08. The molecule has 6 nitrogen and oxygen atoms in total. The number of esters is 1. The molecule has 0 radical (unpaired) electrons. The Balaban J connectivity index is 2.36. The Kier molecular flexibility index (Phi) is 3.86. The summed E-state index contributed by atoms with van der Waals surface area (Å²) in [6.07, 6.45) is 0.930. The maximum Gasteiger partial charge on any atom is 0.352 e. The zero-order valence-electron chi connectivity index (χ0n) is 7.47. The van der Waals surface area contributed by atoms with Gasteiger partial charge in [-0.05, 0) is 6.92 Å². The van der Waals surface area contributed by atoms with Crippen molar-refractivity contribution in [2.75, 3.05) is 12.3 Å². The number of oxime groups is 1. The molecule has 76 valence electrons. The van der Waals surface area contributed by atoms with Gasteiger partial charge in [-0.2, -0.15) is 4.98 Å². The van der Waals surface area contributed by atoms with Crippen LogP contribution in [-0.4, -0.2) is 23.8 Å². The van der Waals surface area contributed by atoms with Crippen LogP contribution < -0.4 is 10.6 Å². The first-order valence-electron chi connectivity index (χ1n) is 3.80. The highest BCUT2D eigenvalue weighted by Crippen LogP contribution is 2.17. The normalized spacial score (nSPS) is 10.4. The summed E-state index contributed by atoms with van der Waals surface area (Å²) >= 11 is 1.23. The molecule has 1 aromatic heterocycles. The molecule has 0 unspecified atom stereocenters. The Morgan fingerprint density at radius 1 is 1.86 bits per heavy atom. The van der Waals surface area contributed by atoms with E-state index in [-0.39, 0.29) is 5.88 Å². The van der Waals surface area contributed by atoms with E-state index in [1.807, 2.05) is 0 Å². The van der Waals surface area contributed by atoms with Gasteiger partial charge in [0.1, 0.15) is 0 Å². The number of rotatable bonds is 4. The summed E-state index contributed by atoms with van der Waals surface area (Å²) in [5.41, 5.74) is 5.34. The van der Waals surface area contributed by atoms with Crippen molar-refractivity contribution in [3.05, 3.63) is 5.38 Å². The molecule has 0 aromatic carbocycles. The van der Waals surface area contributed by atoms with Crippen LogP contribution in [0.3, 0.4) is 0 Å². The van der Waals surface area contributed by atoms with Gasteiger partial charge in [-0.25, -0.2) is 4.79 Å². The van der Waals surface area contributed by atoms with Crippen LogP contribution in [0.15, 0.2) is 10.5 Å². The van der Waals surface area contributed by atoms with Gasteiger partial charge in [0.05, 0.1) is 12.0 Å². The molecular formula is C7H9N3O3S. The fourth-order valence-electron chi connectivity index (χ4n) is 0.617. The minimum absolute atomic E-state index is 0.257. The first-order chi connectivity index (χ1) is 6.72. The van der Waals surface area contributed by atoms with Crippen LogP contribution in [0.5, 0.6) is 5.88 Å². The molecule has 1 heterocycles. The van der Waals surface area contributed by atoms with Gasteiger partial charge in [-0.1, -0.05) is 5.16 Å². The van der Waals surface area contributed by atoms with Crippen molar-refractivity contribution in [3.63, 3.8) is 0 Å². The van der Waals surface area contributed by atoms with Crippen molar-refractivity contribution in [1.82, 2.24) is 4.98 Å². The Hall–Kier alpha value is -1.63. The Bertz CT molecular complexity index is 337. The highest BCUT2D eigenvalue weighted by atomic mass is 32.1.